The van der Waals surface area contributed by atoms with Gasteiger partial charge in [-0.25, -0.2) is 9.67 Å². The first-order valence-corrected chi connectivity index (χ1v) is 8.32. The second-order valence-corrected chi connectivity index (χ2v) is 6.21. The second kappa shape index (κ2) is 6.07. The third kappa shape index (κ3) is 2.77. The van der Waals surface area contributed by atoms with Crippen LogP contribution in [0.5, 0.6) is 0 Å². The number of oxazole rings is 1. The van der Waals surface area contributed by atoms with Crippen molar-refractivity contribution in [3.63, 3.8) is 0 Å². The molecule has 0 fully saturated rings. The molecule has 0 unspecified atom stereocenters. The molecule has 0 atom stereocenters. The van der Waals surface area contributed by atoms with Crippen LogP contribution in [0, 0.1) is 6.92 Å². The van der Waals surface area contributed by atoms with E-state index in [1.807, 2.05) is 37.3 Å². The van der Waals surface area contributed by atoms with Gasteiger partial charge >= 0.3 is 0 Å². The van der Waals surface area contributed by atoms with E-state index in [0.717, 1.165) is 54.0 Å². The summed E-state index contributed by atoms with van der Waals surface area (Å²) in [6.07, 6.45) is 4.18. The van der Waals surface area contributed by atoms with Crippen LogP contribution in [0.15, 0.2) is 45.6 Å². The van der Waals surface area contributed by atoms with Crippen LogP contribution >= 0.6 is 0 Å². The Morgan fingerprint density at radius 3 is 2.79 bits per heavy atom. The van der Waals surface area contributed by atoms with Crippen molar-refractivity contribution in [3.8, 4) is 11.5 Å². The van der Waals surface area contributed by atoms with Gasteiger partial charge in [0.1, 0.15) is 11.5 Å². The van der Waals surface area contributed by atoms with Gasteiger partial charge in [-0.1, -0.05) is 18.2 Å². The molecule has 0 spiro atoms. The summed E-state index contributed by atoms with van der Waals surface area (Å²) in [5.41, 5.74) is 3.76. The summed E-state index contributed by atoms with van der Waals surface area (Å²) in [7, 11) is 0. The first-order valence-electron chi connectivity index (χ1n) is 8.32. The Kier molecular flexibility index (Phi) is 3.76. The van der Waals surface area contributed by atoms with Crippen LogP contribution in [0.2, 0.25) is 0 Å². The SMILES string of the molecule is Cc1oc(-c2ccccc2)nc1Cn1nc2c(cc1=O)CCCC2. The lowest BCUT2D eigenvalue weighted by Gasteiger charge is -2.15. The molecule has 5 heteroatoms. The summed E-state index contributed by atoms with van der Waals surface area (Å²) in [5.74, 6) is 1.30. The highest BCUT2D eigenvalue weighted by atomic mass is 16.4. The quantitative estimate of drug-likeness (QED) is 0.743. The van der Waals surface area contributed by atoms with Crippen LogP contribution in [0.3, 0.4) is 0 Å². The molecule has 0 amide bonds. The maximum Gasteiger partial charge on any atom is 0.267 e. The van der Waals surface area contributed by atoms with E-state index in [0.29, 0.717) is 12.4 Å². The average molecular weight is 321 g/mol. The van der Waals surface area contributed by atoms with E-state index in [4.69, 9.17) is 4.42 Å². The number of nitrogens with zero attached hydrogens (tertiary/aromatic N) is 3. The van der Waals surface area contributed by atoms with E-state index in [-0.39, 0.29) is 5.56 Å². The normalized spacial score (nSPS) is 13.7. The zero-order chi connectivity index (χ0) is 16.5. The maximum absolute atomic E-state index is 12.3. The molecule has 1 aliphatic rings. The molecular formula is C19H19N3O2. The summed E-state index contributed by atoms with van der Waals surface area (Å²) in [6, 6.07) is 11.5. The predicted molar refractivity (Wildman–Crippen MR) is 90.9 cm³/mol. The van der Waals surface area contributed by atoms with E-state index in [9.17, 15) is 4.79 Å². The Bertz CT molecular complexity index is 926. The molecule has 2 heterocycles. The molecule has 2 aromatic heterocycles. The predicted octanol–water partition coefficient (Wildman–Crippen LogP) is 3.13. The van der Waals surface area contributed by atoms with Crippen molar-refractivity contribution in [2.45, 2.75) is 39.2 Å². The van der Waals surface area contributed by atoms with Gasteiger partial charge in [-0.2, -0.15) is 5.10 Å². The molecule has 0 bridgehead atoms. The van der Waals surface area contributed by atoms with Crippen LogP contribution in [0.1, 0.15) is 35.6 Å². The molecule has 0 radical (unpaired) electrons. The molecule has 0 aliphatic heterocycles. The molecule has 0 saturated carbocycles. The molecule has 0 saturated heterocycles. The van der Waals surface area contributed by atoms with E-state index in [2.05, 4.69) is 10.1 Å². The third-order valence-corrected chi connectivity index (χ3v) is 4.49. The summed E-state index contributed by atoms with van der Waals surface area (Å²) in [6.45, 7) is 2.21. The highest BCUT2D eigenvalue weighted by molar-refractivity contribution is 5.53. The topological polar surface area (TPSA) is 60.9 Å². The fourth-order valence-corrected chi connectivity index (χ4v) is 3.14. The molecule has 3 aromatic rings. The van der Waals surface area contributed by atoms with Crippen molar-refractivity contribution < 1.29 is 4.42 Å². The van der Waals surface area contributed by atoms with Crippen LogP contribution in [-0.2, 0) is 19.4 Å². The van der Waals surface area contributed by atoms with Gasteiger partial charge in [0.25, 0.3) is 5.56 Å². The number of hydrogen-bond donors (Lipinski definition) is 0. The van der Waals surface area contributed by atoms with Crippen LogP contribution in [0.25, 0.3) is 11.5 Å². The zero-order valence-corrected chi connectivity index (χ0v) is 13.7. The van der Waals surface area contributed by atoms with Crippen molar-refractivity contribution in [1.29, 1.82) is 0 Å². The monoisotopic (exact) mass is 321 g/mol. The fourth-order valence-electron chi connectivity index (χ4n) is 3.14. The molecule has 122 valence electrons. The van der Waals surface area contributed by atoms with Crippen molar-refractivity contribution in [1.82, 2.24) is 14.8 Å². The summed E-state index contributed by atoms with van der Waals surface area (Å²) < 4.78 is 7.27. The van der Waals surface area contributed by atoms with Crippen molar-refractivity contribution in [2.75, 3.05) is 0 Å². The number of fused-ring (bicyclic) bond motifs is 1. The minimum Gasteiger partial charge on any atom is -0.441 e. The molecule has 5 nitrogen and oxygen atoms in total. The van der Waals surface area contributed by atoms with Crippen molar-refractivity contribution in [3.05, 3.63) is 69.5 Å². The number of benzene rings is 1. The second-order valence-electron chi connectivity index (χ2n) is 6.21. The van der Waals surface area contributed by atoms with Gasteiger partial charge in [-0.3, -0.25) is 4.79 Å². The van der Waals surface area contributed by atoms with Crippen LogP contribution in [-0.4, -0.2) is 14.8 Å². The van der Waals surface area contributed by atoms with Gasteiger partial charge in [0.2, 0.25) is 5.89 Å². The first kappa shape index (κ1) is 14.9. The lowest BCUT2D eigenvalue weighted by Crippen LogP contribution is -2.27. The van der Waals surface area contributed by atoms with Crippen LogP contribution in [0.4, 0.5) is 0 Å². The highest BCUT2D eigenvalue weighted by Crippen LogP contribution is 2.22. The smallest absolute Gasteiger partial charge is 0.267 e. The van der Waals surface area contributed by atoms with Gasteiger partial charge in [0.05, 0.1) is 12.2 Å². The minimum absolute atomic E-state index is 0.0701. The summed E-state index contributed by atoms with van der Waals surface area (Å²) in [4.78, 5) is 16.9. The van der Waals surface area contributed by atoms with Gasteiger partial charge in [0, 0.05) is 11.6 Å². The van der Waals surface area contributed by atoms with Gasteiger partial charge < -0.3 is 4.42 Å². The van der Waals surface area contributed by atoms with E-state index < -0.39 is 0 Å². The highest BCUT2D eigenvalue weighted by Gasteiger charge is 2.16. The molecule has 1 aromatic carbocycles. The summed E-state index contributed by atoms with van der Waals surface area (Å²) >= 11 is 0. The van der Waals surface area contributed by atoms with E-state index in [1.54, 1.807) is 6.07 Å². The van der Waals surface area contributed by atoms with Crippen LogP contribution < -0.4 is 5.56 Å². The number of rotatable bonds is 3. The molecule has 4 rings (SSSR count). The number of aromatic nitrogens is 3. The maximum atomic E-state index is 12.3. The molecule has 1 aliphatic carbocycles. The number of aryl methyl sites for hydroxylation is 3. The zero-order valence-electron chi connectivity index (χ0n) is 13.7. The van der Waals surface area contributed by atoms with Crippen molar-refractivity contribution in [2.24, 2.45) is 0 Å². The molecule has 24 heavy (non-hydrogen) atoms. The third-order valence-electron chi connectivity index (χ3n) is 4.49. The van der Waals surface area contributed by atoms with Crippen molar-refractivity contribution >= 4 is 0 Å². The lowest BCUT2D eigenvalue weighted by atomic mass is 9.97. The minimum atomic E-state index is -0.0701. The molecular weight excluding hydrogens is 302 g/mol. The summed E-state index contributed by atoms with van der Waals surface area (Å²) in [5, 5.41) is 4.55. The average Bonchev–Trinajstić information content (AvgIpc) is 2.97. The Labute approximate surface area is 140 Å². The Morgan fingerprint density at radius 2 is 1.96 bits per heavy atom. The Balaban J connectivity index is 1.67. The van der Waals surface area contributed by atoms with E-state index in [1.165, 1.54) is 4.68 Å². The molecule has 0 N–H and O–H groups in total. The Morgan fingerprint density at radius 1 is 1.17 bits per heavy atom. The first-order chi connectivity index (χ1) is 11.7. The Hall–Kier alpha value is -2.69. The lowest BCUT2D eigenvalue weighted by molar-refractivity contribution is 0.530. The number of hydrogen-bond acceptors (Lipinski definition) is 4. The van der Waals surface area contributed by atoms with E-state index >= 15 is 0 Å². The largest absolute Gasteiger partial charge is 0.441 e. The fraction of sp³-hybridized carbons (Fsp3) is 0.316. The standard InChI is InChI=1S/C19H19N3O2/c1-13-17(20-19(24-13)14-7-3-2-4-8-14)12-22-18(23)11-15-9-5-6-10-16(15)21-22/h2-4,7-8,11H,5-6,9-10,12H2,1H3. The van der Waals surface area contributed by atoms with Gasteiger partial charge in [0.15, 0.2) is 0 Å². The van der Waals surface area contributed by atoms with Gasteiger partial charge in [-0.15, -0.1) is 0 Å². The van der Waals surface area contributed by atoms with Gasteiger partial charge in [-0.05, 0) is 50.3 Å².